The van der Waals surface area contributed by atoms with Crippen LogP contribution in [-0.2, 0) is 0 Å². The van der Waals surface area contributed by atoms with Crippen molar-refractivity contribution in [1.82, 2.24) is 4.98 Å². The van der Waals surface area contributed by atoms with Gasteiger partial charge in [0.25, 0.3) is 0 Å². The van der Waals surface area contributed by atoms with Crippen LogP contribution in [0.5, 0.6) is 0 Å². The molecule has 2 N–H and O–H groups in total. The van der Waals surface area contributed by atoms with E-state index in [1.807, 2.05) is 6.07 Å². The number of nitrogens with two attached hydrogens (primary N) is 1. The van der Waals surface area contributed by atoms with Crippen LogP contribution in [0.3, 0.4) is 0 Å². The number of hydrogen-bond donors (Lipinski definition) is 1. The van der Waals surface area contributed by atoms with E-state index in [4.69, 9.17) is 5.73 Å². The number of rotatable bonds is 0. The molecule has 0 fully saturated rings. The summed E-state index contributed by atoms with van der Waals surface area (Å²) in [5.41, 5.74) is 6.44. The van der Waals surface area contributed by atoms with Crippen LogP contribution < -0.4 is 5.73 Å². The highest BCUT2D eigenvalue weighted by molar-refractivity contribution is 14.1. The molecule has 0 spiro atoms. The van der Waals surface area contributed by atoms with Gasteiger partial charge in [0, 0.05) is 26.9 Å². The van der Waals surface area contributed by atoms with Crippen molar-refractivity contribution < 1.29 is 4.39 Å². The molecule has 0 unspecified atom stereocenters. The normalized spacial score (nSPS) is 10.6. The molecule has 2 aromatic rings. The number of benzene rings is 1. The maximum atomic E-state index is 13.3. The molecule has 4 heteroatoms. The summed E-state index contributed by atoms with van der Waals surface area (Å²) < 4.78 is 14.1. The van der Waals surface area contributed by atoms with Crippen LogP contribution in [0, 0.1) is 9.39 Å². The van der Waals surface area contributed by atoms with Crippen LogP contribution >= 0.6 is 22.6 Å². The first kappa shape index (κ1) is 8.68. The topological polar surface area (TPSA) is 38.9 Å². The average Bonchev–Trinajstić information content (AvgIpc) is 2.15. The third-order valence-corrected chi connectivity index (χ3v) is 3.01. The number of aromatic nitrogens is 1. The zero-order valence-electron chi connectivity index (χ0n) is 6.59. The highest BCUT2D eigenvalue weighted by atomic mass is 127. The van der Waals surface area contributed by atoms with Crippen LogP contribution in [0.25, 0.3) is 10.9 Å². The molecule has 0 radical (unpaired) electrons. The van der Waals surface area contributed by atoms with Gasteiger partial charge in [0.2, 0.25) is 0 Å². The standard InChI is InChI=1S/C9H6FIN2/c10-6-4-7(12)8(11)5-2-1-3-13-9(5)6/h1-4H,12H2. The summed E-state index contributed by atoms with van der Waals surface area (Å²) in [6, 6.07) is 4.88. The second kappa shape index (κ2) is 3.10. The fraction of sp³-hybridized carbons (Fsp3) is 0. The van der Waals surface area contributed by atoms with Crippen LogP contribution in [-0.4, -0.2) is 4.98 Å². The van der Waals surface area contributed by atoms with Crippen molar-refractivity contribution in [2.45, 2.75) is 0 Å². The fourth-order valence-electron chi connectivity index (χ4n) is 1.20. The molecule has 1 heterocycles. The van der Waals surface area contributed by atoms with E-state index in [2.05, 4.69) is 27.6 Å². The van der Waals surface area contributed by atoms with Gasteiger partial charge in [-0.25, -0.2) is 4.39 Å². The van der Waals surface area contributed by atoms with Crippen LogP contribution in [0.15, 0.2) is 24.4 Å². The fourth-order valence-corrected chi connectivity index (χ4v) is 1.79. The predicted octanol–water partition coefficient (Wildman–Crippen LogP) is 2.56. The minimum atomic E-state index is -0.367. The molecule has 66 valence electrons. The Morgan fingerprint density at radius 2 is 2.23 bits per heavy atom. The molecule has 0 saturated carbocycles. The van der Waals surface area contributed by atoms with Crippen molar-refractivity contribution in [3.8, 4) is 0 Å². The maximum Gasteiger partial charge on any atom is 0.151 e. The first-order chi connectivity index (χ1) is 6.20. The molecule has 0 atom stereocenters. The lowest BCUT2D eigenvalue weighted by Crippen LogP contribution is -1.94. The number of nitrogens with zero attached hydrogens (tertiary/aromatic N) is 1. The Morgan fingerprint density at radius 3 is 3.00 bits per heavy atom. The molecule has 0 aliphatic rings. The van der Waals surface area contributed by atoms with E-state index in [-0.39, 0.29) is 5.82 Å². The largest absolute Gasteiger partial charge is 0.398 e. The summed E-state index contributed by atoms with van der Waals surface area (Å²) in [7, 11) is 0. The molecule has 0 amide bonds. The molecule has 0 saturated heterocycles. The molecule has 0 aliphatic heterocycles. The van der Waals surface area contributed by atoms with Crippen molar-refractivity contribution in [3.63, 3.8) is 0 Å². The zero-order valence-corrected chi connectivity index (χ0v) is 8.75. The Morgan fingerprint density at radius 1 is 1.46 bits per heavy atom. The number of fused-ring (bicyclic) bond motifs is 1. The molecule has 2 rings (SSSR count). The number of nitrogen functional groups attached to an aromatic ring is 1. The van der Waals surface area contributed by atoms with E-state index >= 15 is 0 Å². The van der Waals surface area contributed by atoms with E-state index in [1.54, 1.807) is 12.3 Å². The Hall–Kier alpha value is -0.910. The zero-order chi connectivity index (χ0) is 9.42. The first-order valence-corrected chi connectivity index (χ1v) is 4.76. The van der Waals surface area contributed by atoms with Gasteiger partial charge in [-0.2, -0.15) is 0 Å². The van der Waals surface area contributed by atoms with E-state index in [1.165, 1.54) is 6.07 Å². The molecular formula is C9H6FIN2. The molecule has 0 aliphatic carbocycles. The Balaban J connectivity index is 2.97. The summed E-state index contributed by atoms with van der Waals surface area (Å²) in [4.78, 5) is 3.95. The third kappa shape index (κ3) is 1.35. The second-order valence-electron chi connectivity index (χ2n) is 2.66. The highest BCUT2D eigenvalue weighted by Gasteiger charge is 2.07. The monoisotopic (exact) mass is 288 g/mol. The SMILES string of the molecule is Nc1cc(F)c2ncccc2c1I. The molecular weight excluding hydrogens is 282 g/mol. The number of halogens is 2. The maximum absolute atomic E-state index is 13.3. The summed E-state index contributed by atoms with van der Waals surface area (Å²) >= 11 is 2.09. The second-order valence-corrected chi connectivity index (χ2v) is 3.74. The molecule has 2 nitrogen and oxygen atoms in total. The van der Waals surface area contributed by atoms with Gasteiger partial charge in [-0.1, -0.05) is 6.07 Å². The molecule has 13 heavy (non-hydrogen) atoms. The Kier molecular flexibility index (Phi) is 2.07. The number of hydrogen-bond acceptors (Lipinski definition) is 2. The van der Waals surface area contributed by atoms with Gasteiger partial charge >= 0.3 is 0 Å². The van der Waals surface area contributed by atoms with Gasteiger partial charge in [0.1, 0.15) is 5.52 Å². The van der Waals surface area contributed by atoms with E-state index in [0.717, 1.165) is 8.96 Å². The van der Waals surface area contributed by atoms with Gasteiger partial charge in [0.15, 0.2) is 5.82 Å². The van der Waals surface area contributed by atoms with Crippen LogP contribution in [0.1, 0.15) is 0 Å². The summed E-state index contributed by atoms with van der Waals surface area (Å²) in [5, 5.41) is 0.764. The minimum absolute atomic E-state index is 0.367. The first-order valence-electron chi connectivity index (χ1n) is 3.68. The summed E-state index contributed by atoms with van der Waals surface area (Å²) in [6.45, 7) is 0. The predicted molar refractivity (Wildman–Crippen MR) is 58.8 cm³/mol. The molecule has 1 aromatic carbocycles. The number of pyridine rings is 1. The number of anilines is 1. The van der Waals surface area contributed by atoms with Crippen molar-refractivity contribution in [3.05, 3.63) is 33.8 Å². The van der Waals surface area contributed by atoms with Crippen molar-refractivity contribution in [2.75, 3.05) is 5.73 Å². The quantitative estimate of drug-likeness (QED) is 0.597. The molecule has 0 bridgehead atoms. The van der Waals surface area contributed by atoms with E-state index in [9.17, 15) is 4.39 Å². The smallest absolute Gasteiger partial charge is 0.151 e. The van der Waals surface area contributed by atoms with Gasteiger partial charge in [0.05, 0.1) is 0 Å². The van der Waals surface area contributed by atoms with Crippen LogP contribution in [0.4, 0.5) is 10.1 Å². The van der Waals surface area contributed by atoms with Crippen molar-refractivity contribution in [1.29, 1.82) is 0 Å². The van der Waals surface area contributed by atoms with E-state index in [0.29, 0.717) is 11.2 Å². The lowest BCUT2D eigenvalue weighted by Gasteiger charge is -2.03. The third-order valence-electron chi connectivity index (χ3n) is 1.81. The Labute approximate surface area is 88.1 Å². The highest BCUT2D eigenvalue weighted by Crippen LogP contribution is 2.26. The summed E-state index contributed by atoms with van der Waals surface area (Å²) in [6.07, 6.45) is 1.57. The average molecular weight is 288 g/mol. The van der Waals surface area contributed by atoms with Gasteiger partial charge in [-0.3, -0.25) is 4.98 Å². The van der Waals surface area contributed by atoms with Crippen molar-refractivity contribution in [2.24, 2.45) is 0 Å². The summed E-state index contributed by atoms with van der Waals surface area (Å²) in [5.74, 6) is -0.367. The Bertz CT molecular complexity index is 470. The van der Waals surface area contributed by atoms with Gasteiger partial charge in [-0.05, 0) is 28.7 Å². The lowest BCUT2D eigenvalue weighted by atomic mass is 10.2. The minimum Gasteiger partial charge on any atom is -0.398 e. The van der Waals surface area contributed by atoms with Crippen molar-refractivity contribution >= 4 is 39.2 Å². The van der Waals surface area contributed by atoms with E-state index < -0.39 is 0 Å². The molecule has 1 aromatic heterocycles. The van der Waals surface area contributed by atoms with Gasteiger partial charge < -0.3 is 5.73 Å². The lowest BCUT2D eigenvalue weighted by molar-refractivity contribution is 0.637. The van der Waals surface area contributed by atoms with Gasteiger partial charge in [-0.15, -0.1) is 0 Å². The van der Waals surface area contributed by atoms with Crippen LogP contribution in [0.2, 0.25) is 0 Å².